The first kappa shape index (κ1) is 23.6. The summed E-state index contributed by atoms with van der Waals surface area (Å²) in [7, 11) is 0. The number of halogens is 4. The average molecular weight is 530 g/mol. The highest BCUT2D eigenvalue weighted by Gasteiger charge is 2.29. The van der Waals surface area contributed by atoms with Crippen LogP contribution in [0.1, 0.15) is 23.6 Å². The molecule has 2 heterocycles. The van der Waals surface area contributed by atoms with Crippen molar-refractivity contribution in [1.29, 1.82) is 0 Å². The Labute approximate surface area is 189 Å². The topological polar surface area (TPSA) is 67.1 Å². The second-order valence-electron chi connectivity index (χ2n) is 6.24. The fourth-order valence-electron chi connectivity index (χ4n) is 2.57. The Morgan fingerprint density at radius 2 is 1.80 bits per heavy atom. The summed E-state index contributed by atoms with van der Waals surface area (Å²) in [4.78, 5) is 12.9. The average Bonchev–Trinajstić information content (AvgIpc) is 3.25. The van der Waals surface area contributed by atoms with Crippen molar-refractivity contribution in [2.75, 3.05) is 6.54 Å². The van der Waals surface area contributed by atoms with Crippen LogP contribution in [0.4, 0.5) is 13.2 Å². The summed E-state index contributed by atoms with van der Waals surface area (Å²) in [5.41, 5.74) is 1.00. The first-order valence-electron chi connectivity index (χ1n) is 9.07. The van der Waals surface area contributed by atoms with Gasteiger partial charge in [0.15, 0.2) is 5.96 Å². The summed E-state index contributed by atoms with van der Waals surface area (Å²) in [6, 6.07) is 8.89. The van der Waals surface area contributed by atoms with Crippen molar-refractivity contribution < 1.29 is 13.2 Å². The third kappa shape index (κ3) is 6.71. The quantitative estimate of drug-likeness (QED) is 0.286. The van der Waals surface area contributed by atoms with E-state index in [1.165, 1.54) is 12.1 Å². The molecule has 2 N–H and O–H groups in total. The van der Waals surface area contributed by atoms with Gasteiger partial charge in [-0.25, -0.2) is 15.0 Å². The van der Waals surface area contributed by atoms with Crippen molar-refractivity contribution >= 4 is 29.9 Å². The lowest BCUT2D eigenvalue weighted by molar-refractivity contribution is -0.137. The molecule has 0 bridgehead atoms. The number of pyridine rings is 1. The maximum absolute atomic E-state index is 12.6. The van der Waals surface area contributed by atoms with Crippen LogP contribution < -0.4 is 10.6 Å². The highest BCUT2D eigenvalue weighted by atomic mass is 127. The van der Waals surface area contributed by atoms with Crippen LogP contribution in [-0.2, 0) is 19.3 Å². The first-order valence-corrected chi connectivity index (χ1v) is 9.07. The molecule has 2 aromatic heterocycles. The molecule has 0 atom stereocenters. The van der Waals surface area contributed by atoms with Crippen molar-refractivity contribution in [1.82, 2.24) is 25.2 Å². The molecule has 1 aromatic carbocycles. The van der Waals surface area contributed by atoms with Gasteiger partial charge in [-0.15, -0.1) is 24.0 Å². The normalized spacial score (nSPS) is 11.7. The predicted octanol–water partition coefficient (Wildman–Crippen LogP) is 4.16. The van der Waals surface area contributed by atoms with Gasteiger partial charge in [0.05, 0.1) is 12.1 Å². The molecule has 0 fully saturated rings. The van der Waals surface area contributed by atoms with Crippen molar-refractivity contribution in [3.8, 4) is 5.82 Å². The largest absolute Gasteiger partial charge is 0.416 e. The molecule has 3 aromatic rings. The summed E-state index contributed by atoms with van der Waals surface area (Å²) in [6.45, 7) is 3.38. The molecule has 0 spiro atoms. The van der Waals surface area contributed by atoms with Crippen molar-refractivity contribution in [3.63, 3.8) is 0 Å². The van der Waals surface area contributed by atoms with E-state index < -0.39 is 11.7 Å². The van der Waals surface area contributed by atoms with Gasteiger partial charge in [-0.2, -0.15) is 13.2 Å². The zero-order valence-electron chi connectivity index (χ0n) is 16.2. The number of aliphatic imine (C=N–C) groups is 1. The van der Waals surface area contributed by atoms with Gasteiger partial charge >= 0.3 is 6.18 Å². The number of guanidine groups is 1. The van der Waals surface area contributed by atoms with E-state index in [0.29, 0.717) is 25.6 Å². The maximum atomic E-state index is 12.6. The Hall–Kier alpha value is -2.63. The van der Waals surface area contributed by atoms with Crippen molar-refractivity contribution in [2.24, 2.45) is 4.99 Å². The number of nitrogens with one attached hydrogen (secondary N) is 2. The number of aromatic nitrogens is 3. The summed E-state index contributed by atoms with van der Waals surface area (Å²) in [5, 5.41) is 6.24. The van der Waals surface area contributed by atoms with Crippen LogP contribution in [0.2, 0.25) is 0 Å². The zero-order chi connectivity index (χ0) is 20.7. The molecule has 0 unspecified atom stereocenters. The van der Waals surface area contributed by atoms with Crippen LogP contribution >= 0.6 is 24.0 Å². The summed E-state index contributed by atoms with van der Waals surface area (Å²) < 4.78 is 39.7. The number of benzene rings is 1. The van der Waals surface area contributed by atoms with Crippen molar-refractivity contribution in [2.45, 2.75) is 26.2 Å². The third-order valence-electron chi connectivity index (χ3n) is 4.08. The molecule has 0 saturated heterocycles. The highest BCUT2D eigenvalue weighted by molar-refractivity contribution is 14.0. The monoisotopic (exact) mass is 530 g/mol. The lowest BCUT2D eigenvalue weighted by Gasteiger charge is -2.12. The molecule has 0 aliphatic heterocycles. The number of nitrogens with zero attached hydrogens (tertiary/aromatic N) is 4. The van der Waals surface area contributed by atoms with E-state index in [9.17, 15) is 13.2 Å². The molecule has 10 heteroatoms. The van der Waals surface area contributed by atoms with E-state index in [1.807, 2.05) is 29.8 Å². The number of imidazole rings is 1. The number of hydrogen-bond donors (Lipinski definition) is 2. The van der Waals surface area contributed by atoms with E-state index in [-0.39, 0.29) is 24.0 Å². The molecule has 0 amide bonds. The molecule has 160 valence electrons. The molecule has 0 radical (unpaired) electrons. The molecule has 30 heavy (non-hydrogen) atoms. The third-order valence-corrected chi connectivity index (χ3v) is 4.08. The van der Waals surface area contributed by atoms with Crippen LogP contribution in [0.25, 0.3) is 5.82 Å². The Kier molecular flexibility index (Phi) is 8.63. The van der Waals surface area contributed by atoms with Gasteiger partial charge in [0.1, 0.15) is 12.1 Å². The van der Waals surface area contributed by atoms with Gasteiger partial charge in [0, 0.05) is 31.7 Å². The minimum atomic E-state index is -4.33. The SMILES string of the molecule is CCNC(=NCc1ccc(-n2ccnc2)nc1)NCc1ccc(C(F)(F)F)cc1.I. The van der Waals surface area contributed by atoms with E-state index >= 15 is 0 Å². The minimum absolute atomic E-state index is 0. The summed E-state index contributed by atoms with van der Waals surface area (Å²) in [5.74, 6) is 1.34. The molecule has 0 aliphatic rings. The van der Waals surface area contributed by atoms with E-state index in [1.54, 1.807) is 18.7 Å². The standard InChI is InChI=1S/C20H21F3N6.HI/c1-2-25-19(27-11-15-3-6-17(7-4-15)20(21,22)23)28-13-16-5-8-18(26-12-16)29-10-9-24-14-29;/h3-10,12,14H,2,11,13H2,1H3,(H2,25,27,28);1H. The zero-order valence-corrected chi connectivity index (χ0v) is 18.6. The Bertz CT molecular complexity index is 923. The highest BCUT2D eigenvalue weighted by Crippen LogP contribution is 2.29. The van der Waals surface area contributed by atoms with Gasteiger partial charge in [0.2, 0.25) is 0 Å². The second-order valence-corrected chi connectivity index (χ2v) is 6.24. The Morgan fingerprint density at radius 1 is 1.07 bits per heavy atom. The Morgan fingerprint density at radius 3 is 2.37 bits per heavy atom. The predicted molar refractivity (Wildman–Crippen MR) is 120 cm³/mol. The second kappa shape index (κ2) is 11.0. The lowest BCUT2D eigenvalue weighted by Crippen LogP contribution is -2.36. The molecule has 3 rings (SSSR count). The number of rotatable bonds is 6. The number of hydrogen-bond acceptors (Lipinski definition) is 3. The smallest absolute Gasteiger partial charge is 0.357 e. The summed E-state index contributed by atoms with van der Waals surface area (Å²) >= 11 is 0. The van der Waals surface area contributed by atoms with Crippen LogP contribution in [-0.4, -0.2) is 27.0 Å². The van der Waals surface area contributed by atoms with Crippen molar-refractivity contribution in [3.05, 3.63) is 78.0 Å². The molecule has 0 aliphatic carbocycles. The van der Waals surface area contributed by atoms with Gasteiger partial charge in [0.25, 0.3) is 0 Å². The fourth-order valence-corrected chi connectivity index (χ4v) is 2.57. The first-order chi connectivity index (χ1) is 14.0. The number of alkyl halides is 3. The molecule has 6 nitrogen and oxygen atoms in total. The van der Waals surface area contributed by atoms with E-state index in [2.05, 4.69) is 25.6 Å². The van der Waals surface area contributed by atoms with Crippen LogP contribution in [0.5, 0.6) is 0 Å². The molecular weight excluding hydrogens is 508 g/mol. The van der Waals surface area contributed by atoms with Crippen LogP contribution in [0.15, 0.2) is 66.3 Å². The molecule has 0 saturated carbocycles. The van der Waals surface area contributed by atoms with Gasteiger partial charge < -0.3 is 10.6 Å². The van der Waals surface area contributed by atoms with Gasteiger partial charge in [-0.3, -0.25) is 4.57 Å². The van der Waals surface area contributed by atoms with Crippen LogP contribution in [0, 0.1) is 0 Å². The van der Waals surface area contributed by atoms with Gasteiger partial charge in [-0.1, -0.05) is 18.2 Å². The van der Waals surface area contributed by atoms with E-state index in [4.69, 9.17) is 0 Å². The maximum Gasteiger partial charge on any atom is 0.416 e. The van der Waals surface area contributed by atoms with E-state index in [0.717, 1.165) is 29.1 Å². The fraction of sp³-hybridized carbons (Fsp3) is 0.250. The lowest BCUT2D eigenvalue weighted by atomic mass is 10.1. The van der Waals surface area contributed by atoms with Gasteiger partial charge in [-0.05, 0) is 36.2 Å². The summed E-state index contributed by atoms with van der Waals surface area (Å²) in [6.07, 6.45) is 2.59. The van der Waals surface area contributed by atoms with Crippen LogP contribution in [0.3, 0.4) is 0 Å². The Balaban J connectivity index is 0.00000320. The molecular formula is C20H22F3IN6. The minimum Gasteiger partial charge on any atom is -0.357 e.